The number of rotatable bonds is 2. The van der Waals surface area contributed by atoms with Crippen LogP contribution >= 0.6 is 0 Å². The van der Waals surface area contributed by atoms with Crippen molar-refractivity contribution < 1.29 is 4.21 Å². The normalized spacial score (nSPS) is 20.2. The van der Waals surface area contributed by atoms with Crippen molar-refractivity contribution in [3.63, 3.8) is 0 Å². The van der Waals surface area contributed by atoms with Crippen LogP contribution in [0.3, 0.4) is 0 Å². The van der Waals surface area contributed by atoms with E-state index in [1.165, 1.54) is 17.7 Å². The molecule has 0 spiro atoms. The smallest absolute Gasteiger partial charge is 0.133 e. The molecule has 1 aliphatic heterocycles. The van der Waals surface area contributed by atoms with Crippen LogP contribution in [0, 0.1) is 0 Å². The second kappa shape index (κ2) is 4.97. The summed E-state index contributed by atoms with van der Waals surface area (Å²) in [7, 11) is -0.643. The lowest BCUT2D eigenvalue weighted by molar-refractivity contribution is 0.671. The molecule has 1 aromatic rings. The highest BCUT2D eigenvalue weighted by Crippen LogP contribution is 2.27. The van der Waals surface area contributed by atoms with Gasteiger partial charge in [0.1, 0.15) is 5.82 Å². The fourth-order valence-corrected chi connectivity index (χ4v) is 3.83. The van der Waals surface area contributed by atoms with Gasteiger partial charge in [-0.15, -0.1) is 0 Å². The Labute approximate surface area is 110 Å². The summed E-state index contributed by atoms with van der Waals surface area (Å²) >= 11 is 0. The molecule has 1 aromatic heterocycles. The Hall–Kier alpha value is -0.940. The van der Waals surface area contributed by atoms with Crippen LogP contribution in [-0.2, 0) is 30.2 Å². The molecule has 0 atom stereocenters. The molecule has 4 nitrogen and oxygen atoms in total. The Morgan fingerprint density at radius 2 is 2.11 bits per heavy atom. The number of anilines is 1. The van der Waals surface area contributed by atoms with Gasteiger partial charge in [-0.25, -0.2) is 4.98 Å². The fraction of sp³-hybridized carbons (Fsp3) is 0.615. The van der Waals surface area contributed by atoms with Gasteiger partial charge in [-0.2, -0.15) is 0 Å². The molecule has 0 aromatic carbocycles. The molecular formula is C13H19N3OS. The highest BCUT2D eigenvalue weighted by molar-refractivity contribution is 7.85. The van der Waals surface area contributed by atoms with Gasteiger partial charge in [0, 0.05) is 53.2 Å². The van der Waals surface area contributed by atoms with E-state index in [0.717, 1.165) is 48.8 Å². The number of hydrogen-bond donors (Lipinski definition) is 1. The SMILES string of the molecule is NCc1cc2c(nc1N1CCS(=O)CC1)CCC2. The molecule has 0 radical (unpaired) electrons. The van der Waals surface area contributed by atoms with Crippen molar-refractivity contribution in [3.8, 4) is 0 Å². The third-order valence-corrected chi connectivity index (χ3v) is 5.08. The average molecular weight is 265 g/mol. The third kappa shape index (κ3) is 2.17. The Kier molecular flexibility index (Phi) is 3.35. The molecule has 0 amide bonds. The van der Waals surface area contributed by atoms with Gasteiger partial charge in [-0.05, 0) is 30.9 Å². The molecule has 1 aliphatic carbocycles. The van der Waals surface area contributed by atoms with Gasteiger partial charge in [-0.3, -0.25) is 4.21 Å². The van der Waals surface area contributed by atoms with Crippen molar-refractivity contribution in [2.45, 2.75) is 25.8 Å². The second-order valence-corrected chi connectivity index (χ2v) is 6.67. The summed E-state index contributed by atoms with van der Waals surface area (Å²) in [6.07, 6.45) is 3.44. The number of nitrogens with zero attached hydrogens (tertiary/aromatic N) is 2. The van der Waals surface area contributed by atoms with Crippen LogP contribution in [0.2, 0.25) is 0 Å². The molecule has 0 unspecified atom stereocenters. The molecule has 18 heavy (non-hydrogen) atoms. The first-order chi connectivity index (χ1) is 8.78. The van der Waals surface area contributed by atoms with E-state index in [1.807, 2.05) is 0 Å². The lowest BCUT2D eigenvalue weighted by Crippen LogP contribution is -2.39. The largest absolute Gasteiger partial charge is 0.354 e. The van der Waals surface area contributed by atoms with Crippen LogP contribution < -0.4 is 10.6 Å². The van der Waals surface area contributed by atoms with Crippen LogP contribution in [0.25, 0.3) is 0 Å². The average Bonchev–Trinajstić information content (AvgIpc) is 2.85. The summed E-state index contributed by atoms with van der Waals surface area (Å²) < 4.78 is 11.4. The standard InChI is InChI=1S/C13H19N3OS/c14-9-11-8-10-2-1-3-12(10)15-13(11)16-4-6-18(17)7-5-16/h8H,1-7,9,14H2. The first-order valence-corrected chi connectivity index (χ1v) is 8.08. The Balaban J connectivity index is 1.93. The Morgan fingerprint density at radius 1 is 1.33 bits per heavy atom. The number of pyridine rings is 1. The summed E-state index contributed by atoms with van der Waals surface area (Å²) in [4.78, 5) is 7.07. The lowest BCUT2D eigenvalue weighted by Gasteiger charge is -2.29. The Morgan fingerprint density at radius 3 is 2.83 bits per heavy atom. The summed E-state index contributed by atoms with van der Waals surface area (Å²) in [5, 5.41) is 0. The molecule has 2 heterocycles. The monoisotopic (exact) mass is 265 g/mol. The highest BCUT2D eigenvalue weighted by Gasteiger charge is 2.22. The van der Waals surface area contributed by atoms with E-state index in [-0.39, 0.29) is 0 Å². The predicted octanol–water partition coefficient (Wildman–Crippen LogP) is 0.598. The molecule has 0 bridgehead atoms. The van der Waals surface area contributed by atoms with E-state index in [2.05, 4.69) is 11.0 Å². The minimum absolute atomic E-state index is 0.537. The van der Waals surface area contributed by atoms with Crippen LogP contribution in [0.1, 0.15) is 23.2 Å². The van der Waals surface area contributed by atoms with Crippen molar-refractivity contribution in [1.82, 2.24) is 4.98 Å². The molecule has 2 N–H and O–H groups in total. The second-order valence-electron chi connectivity index (χ2n) is 4.97. The zero-order valence-corrected chi connectivity index (χ0v) is 11.3. The van der Waals surface area contributed by atoms with Crippen LogP contribution in [0.4, 0.5) is 5.82 Å². The van der Waals surface area contributed by atoms with Gasteiger partial charge in [-0.1, -0.05) is 0 Å². The molecule has 3 rings (SSSR count). The molecule has 5 heteroatoms. The summed E-state index contributed by atoms with van der Waals surface area (Å²) in [5.74, 6) is 2.54. The zero-order chi connectivity index (χ0) is 12.5. The summed E-state index contributed by atoms with van der Waals surface area (Å²) in [5.41, 5.74) is 9.61. The van der Waals surface area contributed by atoms with E-state index in [1.54, 1.807) is 0 Å². The van der Waals surface area contributed by atoms with Crippen LogP contribution in [0.15, 0.2) is 6.07 Å². The summed E-state index contributed by atoms with van der Waals surface area (Å²) in [6.45, 7) is 2.21. The predicted molar refractivity (Wildman–Crippen MR) is 74.2 cm³/mol. The lowest BCUT2D eigenvalue weighted by atomic mass is 10.1. The maximum Gasteiger partial charge on any atom is 0.133 e. The third-order valence-electron chi connectivity index (χ3n) is 3.80. The van der Waals surface area contributed by atoms with Gasteiger partial charge < -0.3 is 10.6 Å². The minimum Gasteiger partial charge on any atom is -0.354 e. The highest BCUT2D eigenvalue weighted by atomic mass is 32.2. The van der Waals surface area contributed by atoms with Gasteiger partial charge >= 0.3 is 0 Å². The number of hydrogen-bond acceptors (Lipinski definition) is 4. The van der Waals surface area contributed by atoms with E-state index in [0.29, 0.717) is 6.54 Å². The van der Waals surface area contributed by atoms with Crippen molar-refractivity contribution in [2.24, 2.45) is 5.73 Å². The number of aromatic nitrogens is 1. The van der Waals surface area contributed by atoms with Gasteiger partial charge in [0.05, 0.1) is 0 Å². The number of aryl methyl sites for hydroxylation is 2. The first-order valence-electron chi connectivity index (χ1n) is 6.59. The fourth-order valence-electron chi connectivity index (χ4n) is 2.78. The van der Waals surface area contributed by atoms with Gasteiger partial charge in [0.15, 0.2) is 0 Å². The summed E-state index contributed by atoms with van der Waals surface area (Å²) in [6, 6.07) is 2.23. The Bertz CT molecular complexity index is 479. The van der Waals surface area contributed by atoms with Crippen LogP contribution in [-0.4, -0.2) is 33.8 Å². The van der Waals surface area contributed by atoms with Gasteiger partial charge in [0.25, 0.3) is 0 Å². The molecule has 2 aliphatic rings. The van der Waals surface area contributed by atoms with Crippen molar-refractivity contribution in [3.05, 3.63) is 22.9 Å². The van der Waals surface area contributed by atoms with Gasteiger partial charge in [0.2, 0.25) is 0 Å². The molecule has 1 saturated heterocycles. The minimum atomic E-state index is -0.643. The number of fused-ring (bicyclic) bond motifs is 1. The first kappa shape index (κ1) is 12.1. The molecular weight excluding hydrogens is 246 g/mol. The topological polar surface area (TPSA) is 59.2 Å². The zero-order valence-electron chi connectivity index (χ0n) is 10.5. The quantitative estimate of drug-likeness (QED) is 0.850. The number of nitrogens with two attached hydrogens (primary N) is 1. The van der Waals surface area contributed by atoms with E-state index in [4.69, 9.17) is 10.7 Å². The maximum absolute atomic E-state index is 11.4. The van der Waals surface area contributed by atoms with E-state index < -0.39 is 10.8 Å². The van der Waals surface area contributed by atoms with Crippen molar-refractivity contribution in [2.75, 3.05) is 29.5 Å². The maximum atomic E-state index is 11.4. The van der Waals surface area contributed by atoms with Crippen molar-refractivity contribution >= 4 is 16.6 Å². The molecule has 1 fully saturated rings. The molecule has 0 saturated carbocycles. The van der Waals surface area contributed by atoms with Crippen LogP contribution in [0.5, 0.6) is 0 Å². The van der Waals surface area contributed by atoms with Crippen molar-refractivity contribution in [1.29, 1.82) is 0 Å². The van der Waals surface area contributed by atoms with E-state index >= 15 is 0 Å². The van der Waals surface area contributed by atoms with E-state index in [9.17, 15) is 4.21 Å². The molecule has 98 valence electrons.